The van der Waals surface area contributed by atoms with E-state index in [9.17, 15) is 9.18 Å². The Hall–Kier alpha value is -1.62. The highest BCUT2D eigenvalue weighted by Crippen LogP contribution is 2.17. The highest BCUT2D eigenvalue weighted by molar-refractivity contribution is 5.88. The van der Waals surface area contributed by atoms with Crippen LogP contribution in [0.4, 0.5) is 4.39 Å². The van der Waals surface area contributed by atoms with Crippen molar-refractivity contribution in [2.75, 3.05) is 20.3 Å². The Labute approximate surface area is 99.0 Å². The molecule has 0 saturated heterocycles. The van der Waals surface area contributed by atoms with E-state index >= 15 is 0 Å². The average molecular weight is 242 g/mol. The van der Waals surface area contributed by atoms with Crippen LogP contribution in [0.15, 0.2) is 18.2 Å². The maximum Gasteiger partial charge on any atom is 0.338 e. The van der Waals surface area contributed by atoms with E-state index in [1.165, 1.54) is 12.1 Å². The van der Waals surface area contributed by atoms with Crippen molar-refractivity contribution in [2.45, 2.75) is 12.8 Å². The minimum atomic E-state index is -1.28. The topological polar surface area (TPSA) is 55.8 Å². The van der Waals surface area contributed by atoms with Crippen LogP contribution in [0.2, 0.25) is 0 Å². The summed E-state index contributed by atoms with van der Waals surface area (Å²) in [7, 11) is 1.63. The lowest BCUT2D eigenvalue weighted by Gasteiger charge is -2.06. The van der Waals surface area contributed by atoms with Crippen molar-refractivity contribution < 1.29 is 23.8 Å². The van der Waals surface area contributed by atoms with Crippen LogP contribution in [0.5, 0.6) is 5.75 Å². The number of carboxylic acids is 1. The van der Waals surface area contributed by atoms with Crippen LogP contribution < -0.4 is 4.74 Å². The summed E-state index contributed by atoms with van der Waals surface area (Å²) in [6, 6.07) is 3.73. The Morgan fingerprint density at radius 3 is 2.65 bits per heavy atom. The zero-order valence-corrected chi connectivity index (χ0v) is 9.61. The maximum atomic E-state index is 13.2. The minimum absolute atomic E-state index is 0.338. The molecule has 0 bridgehead atoms. The predicted octanol–water partition coefficient (Wildman–Crippen LogP) is 2.33. The smallest absolute Gasteiger partial charge is 0.338 e. The van der Waals surface area contributed by atoms with Crippen molar-refractivity contribution >= 4 is 5.97 Å². The number of unbranched alkanes of at least 4 members (excludes halogenated alkanes) is 1. The van der Waals surface area contributed by atoms with Crippen LogP contribution in [0.3, 0.4) is 0 Å². The van der Waals surface area contributed by atoms with Crippen LogP contribution >= 0.6 is 0 Å². The summed E-state index contributed by atoms with van der Waals surface area (Å²) in [5, 5.41) is 8.64. The quantitative estimate of drug-likeness (QED) is 0.745. The van der Waals surface area contributed by atoms with Gasteiger partial charge >= 0.3 is 5.97 Å². The second-order valence-corrected chi connectivity index (χ2v) is 3.50. The molecule has 0 aliphatic carbocycles. The number of hydrogen-bond donors (Lipinski definition) is 1. The molecule has 0 amide bonds. The van der Waals surface area contributed by atoms with Gasteiger partial charge in [0.1, 0.15) is 11.6 Å². The molecule has 5 heteroatoms. The first-order valence-corrected chi connectivity index (χ1v) is 5.29. The van der Waals surface area contributed by atoms with Gasteiger partial charge in [0.05, 0.1) is 12.2 Å². The number of aromatic carboxylic acids is 1. The molecule has 0 radical (unpaired) electrons. The third-order valence-corrected chi connectivity index (χ3v) is 2.18. The van der Waals surface area contributed by atoms with Gasteiger partial charge in [-0.2, -0.15) is 0 Å². The van der Waals surface area contributed by atoms with E-state index in [1.807, 2.05) is 0 Å². The second-order valence-electron chi connectivity index (χ2n) is 3.50. The highest BCUT2D eigenvalue weighted by atomic mass is 19.1. The number of benzene rings is 1. The number of rotatable bonds is 7. The summed E-state index contributed by atoms with van der Waals surface area (Å²) in [4.78, 5) is 10.6. The molecule has 94 valence electrons. The van der Waals surface area contributed by atoms with Gasteiger partial charge in [-0.05, 0) is 25.0 Å². The zero-order valence-electron chi connectivity index (χ0n) is 9.61. The predicted molar refractivity (Wildman–Crippen MR) is 60.0 cm³/mol. The van der Waals surface area contributed by atoms with Crippen molar-refractivity contribution in [2.24, 2.45) is 0 Å². The summed E-state index contributed by atoms with van der Waals surface area (Å²) in [5.41, 5.74) is -0.350. The lowest BCUT2D eigenvalue weighted by atomic mass is 10.2. The first-order valence-electron chi connectivity index (χ1n) is 5.29. The molecule has 0 atom stereocenters. The van der Waals surface area contributed by atoms with E-state index in [0.717, 1.165) is 18.9 Å². The van der Waals surface area contributed by atoms with Gasteiger partial charge in [-0.1, -0.05) is 0 Å². The van der Waals surface area contributed by atoms with Gasteiger partial charge in [0.2, 0.25) is 0 Å². The maximum absolute atomic E-state index is 13.2. The Kier molecular flexibility index (Phi) is 5.42. The van der Waals surface area contributed by atoms with E-state index in [-0.39, 0.29) is 5.56 Å². The van der Waals surface area contributed by atoms with Gasteiger partial charge in [-0.15, -0.1) is 0 Å². The van der Waals surface area contributed by atoms with Gasteiger partial charge in [0.25, 0.3) is 0 Å². The molecular weight excluding hydrogens is 227 g/mol. The average Bonchev–Trinajstić information content (AvgIpc) is 2.28. The number of carbonyl (C=O) groups is 1. The molecule has 0 fully saturated rings. The number of carboxylic acid groups (broad SMARTS) is 1. The Morgan fingerprint density at radius 1 is 1.35 bits per heavy atom. The Balaban J connectivity index is 2.45. The molecule has 1 rings (SSSR count). The fourth-order valence-corrected chi connectivity index (χ4v) is 1.30. The van der Waals surface area contributed by atoms with Crippen LogP contribution in [0.25, 0.3) is 0 Å². The van der Waals surface area contributed by atoms with Gasteiger partial charge in [0.15, 0.2) is 0 Å². The summed E-state index contributed by atoms with van der Waals surface area (Å²) >= 11 is 0. The summed E-state index contributed by atoms with van der Waals surface area (Å²) in [6.07, 6.45) is 1.67. The molecule has 1 aromatic carbocycles. The van der Waals surface area contributed by atoms with Crippen molar-refractivity contribution in [1.29, 1.82) is 0 Å². The standard InChI is InChI=1S/C12H15FO4/c1-16-6-2-3-7-17-9-4-5-10(12(14)15)11(13)8-9/h4-5,8H,2-3,6-7H2,1H3,(H,14,15). The molecule has 17 heavy (non-hydrogen) atoms. The largest absolute Gasteiger partial charge is 0.493 e. The van der Waals surface area contributed by atoms with Crippen molar-refractivity contribution in [3.63, 3.8) is 0 Å². The first kappa shape index (κ1) is 13.4. The molecule has 0 heterocycles. The third kappa shape index (κ3) is 4.40. The molecule has 0 unspecified atom stereocenters. The Bertz CT molecular complexity index is 379. The molecule has 0 aliphatic rings. The highest BCUT2D eigenvalue weighted by Gasteiger charge is 2.10. The van der Waals surface area contributed by atoms with E-state index in [4.69, 9.17) is 14.6 Å². The van der Waals surface area contributed by atoms with E-state index in [0.29, 0.717) is 19.0 Å². The van der Waals surface area contributed by atoms with E-state index in [1.54, 1.807) is 7.11 Å². The summed E-state index contributed by atoms with van der Waals surface area (Å²) in [6.45, 7) is 1.12. The van der Waals surface area contributed by atoms with Crippen LogP contribution in [-0.4, -0.2) is 31.4 Å². The first-order chi connectivity index (χ1) is 8.15. The molecule has 0 aliphatic heterocycles. The van der Waals surface area contributed by atoms with Crippen molar-refractivity contribution in [3.05, 3.63) is 29.6 Å². The van der Waals surface area contributed by atoms with E-state index in [2.05, 4.69) is 0 Å². The lowest BCUT2D eigenvalue weighted by Crippen LogP contribution is -2.03. The molecule has 1 N–H and O–H groups in total. The zero-order chi connectivity index (χ0) is 12.7. The number of hydrogen-bond acceptors (Lipinski definition) is 3. The van der Waals surface area contributed by atoms with E-state index < -0.39 is 11.8 Å². The number of methoxy groups -OCH3 is 1. The fourth-order valence-electron chi connectivity index (χ4n) is 1.30. The number of halogens is 1. The SMILES string of the molecule is COCCCCOc1ccc(C(=O)O)c(F)c1. The van der Waals surface area contributed by atoms with Crippen molar-refractivity contribution in [3.8, 4) is 5.75 Å². The van der Waals surface area contributed by atoms with Gasteiger partial charge < -0.3 is 14.6 Å². The molecule has 1 aromatic rings. The molecule has 0 spiro atoms. The normalized spacial score (nSPS) is 10.2. The molecule has 0 aromatic heterocycles. The minimum Gasteiger partial charge on any atom is -0.493 e. The Morgan fingerprint density at radius 2 is 2.06 bits per heavy atom. The van der Waals surface area contributed by atoms with Crippen LogP contribution in [0.1, 0.15) is 23.2 Å². The molecular formula is C12H15FO4. The fraction of sp³-hybridized carbons (Fsp3) is 0.417. The van der Waals surface area contributed by atoms with Gasteiger partial charge in [-0.3, -0.25) is 0 Å². The van der Waals surface area contributed by atoms with Crippen molar-refractivity contribution in [1.82, 2.24) is 0 Å². The molecule has 0 saturated carbocycles. The van der Waals surface area contributed by atoms with Gasteiger partial charge in [-0.25, -0.2) is 9.18 Å². The summed E-state index contributed by atoms with van der Waals surface area (Å²) < 4.78 is 23.4. The monoisotopic (exact) mass is 242 g/mol. The molecule has 4 nitrogen and oxygen atoms in total. The third-order valence-electron chi connectivity index (χ3n) is 2.18. The summed E-state index contributed by atoms with van der Waals surface area (Å²) in [5.74, 6) is -1.73. The number of ether oxygens (including phenoxy) is 2. The van der Waals surface area contributed by atoms with Crippen LogP contribution in [-0.2, 0) is 4.74 Å². The lowest BCUT2D eigenvalue weighted by molar-refractivity contribution is 0.0692. The second kappa shape index (κ2) is 6.85. The van der Waals surface area contributed by atoms with Gasteiger partial charge in [0, 0.05) is 19.8 Å². The van der Waals surface area contributed by atoms with Crippen LogP contribution in [0, 0.1) is 5.82 Å².